The Bertz CT molecular complexity index is 453. The molecule has 0 bridgehead atoms. The van der Waals surface area contributed by atoms with Gasteiger partial charge in [-0.05, 0) is 50.5 Å². The second-order valence-electron chi connectivity index (χ2n) is 5.77. The van der Waals surface area contributed by atoms with Crippen molar-refractivity contribution in [2.24, 2.45) is 5.41 Å². The Morgan fingerprint density at radius 1 is 1.53 bits per heavy atom. The van der Waals surface area contributed by atoms with Crippen LogP contribution in [-0.2, 0) is 0 Å². The first-order valence-electron chi connectivity index (χ1n) is 6.67. The number of rotatable bonds is 3. The van der Waals surface area contributed by atoms with Crippen LogP contribution in [0, 0.1) is 5.41 Å². The highest BCUT2D eigenvalue weighted by Crippen LogP contribution is 2.29. The van der Waals surface area contributed by atoms with Crippen LogP contribution in [0.2, 0.25) is 0 Å². The molecule has 5 heteroatoms. The van der Waals surface area contributed by atoms with Gasteiger partial charge >= 0.3 is 0 Å². The number of carbonyl (C=O) groups excluding carboxylic acids is 1. The molecule has 0 spiro atoms. The Morgan fingerprint density at radius 3 is 2.84 bits per heavy atom. The zero-order valence-electron chi connectivity index (χ0n) is 11.6. The molecule has 2 rings (SSSR count). The van der Waals surface area contributed by atoms with Gasteiger partial charge in [0, 0.05) is 18.4 Å². The van der Waals surface area contributed by atoms with Crippen molar-refractivity contribution in [3.05, 3.63) is 24.0 Å². The van der Waals surface area contributed by atoms with Crippen molar-refractivity contribution in [3.63, 3.8) is 0 Å². The summed E-state index contributed by atoms with van der Waals surface area (Å²) in [6.45, 7) is 5.09. The van der Waals surface area contributed by atoms with Gasteiger partial charge in [-0.2, -0.15) is 0 Å². The minimum Gasteiger partial charge on any atom is -0.399 e. The molecule has 0 atom stereocenters. The van der Waals surface area contributed by atoms with E-state index in [9.17, 15) is 4.79 Å². The Kier molecular flexibility index (Phi) is 4.04. The highest BCUT2D eigenvalue weighted by molar-refractivity contribution is 5.92. The third-order valence-electron chi connectivity index (χ3n) is 3.89. The van der Waals surface area contributed by atoms with E-state index in [4.69, 9.17) is 5.73 Å². The van der Waals surface area contributed by atoms with Gasteiger partial charge in [-0.1, -0.05) is 6.92 Å². The topological polar surface area (TPSA) is 71.2 Å². The van der Waals surface area contributed by atoms with E-state index < -0.39 is 0 Å². The van der Waals surface area contributed by atoms with E-state index >= 15 is 0 Å². The molecule has 0 radical (unpaired) electrons. The number of nitrogens with two attached hydrogens (primary N) is 1. The third-order valence-corrected chi connectivity index (χ3v) is 3.89. The Labute approximate surface area is 114 Å². The molecule has 5 nitrogen and oxygen atoms in total. The number of hydrogen-bond donors (Lipinski definition) is 2. The molecule has 104 valence electrons. The summed E-state index contributed by atoms with van der Waals surface area (Å²) < 4.78 is 0. The molecule has 1 aliphatic rings. The predicted octanol–water partition coefficient (Wildman–Crippen LogP) is 1.13. The Balaban J connectivity index is 1.90. The number of piperidine rings is 1. The van der Waals surface area contributed by atoms with Gasteiger partial charge in [-0.15, -0.1) is 0 Å². The van der Waals surface area contributed by atoms with Crippen molar-refractivity contribution in [2.45, 2.75) is 19.8 Å². The largest absolute Gasteiger partial charge is 0.399 e. The zero-order chi connectivity index (χ0) is 13.9. The number of likely N-dealkylation sites (tertiary alicyclic amines) is 1. The summed E-state index contributed by atoms with van der Waals surface area (Å²) >= 11 is 0. The summed E-state index contributed by atoms with van der Waals surface area (Å²) in [5.74, 6) is -0.146. The molecule has 0 aliphatic carbocycles. The van der Waals surface area contributed by atoms with Crippen molar-refractivity contribution >= 4 is 11.6 Å². The van der Waals surface area contributed by atoms with Gasteiger partial charge in [-0.3, -0.25) is 9.78 Å². The van der Waals surface area contributed by atoms with E-state index in [0.29, 0.717) is 17.9 Å². The van der Waals surface area contributed by atoms with Crippen LogP contribution < -0.4 is 11.1 Å². The van der Waals surface area contributed by atoms with Crippen LogP contribution in [0.1, 0.15) is 30.3 Å². The molecule has 1 aliphatic heterocycles. The maximum Gasteiger partial charge on any atom is 0.269 e. The number of carbonyl (C=O) groups is 1. The standard InChI is InChI=1S/C14H22N4O/c1-14(4-7-18(2)8-5-14)10-17-13(19)12-9-11(15)3-6-16-12/h3,6,9H,4-5,7-8,10H2,1-2H3,(H2,15,16)(H,17,19). The Hall–Kier alpha value is -1.62. The van der Waals surface area contributed by atoms with Crippen LogP contribution in [-0.4, -0.2) is 42.5 Å². The monoisotopic (exact) mass is 262 g/mol. The summed E-state index contributed by atoms with van der Waals surface area (Å²) in [6, 6.07) is 3.28. The van der Waals surface area contributed by atoms with Crippen molar-refractivity contribution in [1.82, 2.24) is 15.2 Å². The van der Waals surface area contributed by atoms with Crippen LogP contribution in [0.3, 0.4) is 0 Å². The van der Waals surface area contributed by atoms with Gasteiger partial charge in [0.2, 0.25) is 0 Å². The number of amides is 1. The summed E-state index contributed by atoms with van der Waals surface area (Å²) in [5.41, 5.74) is 6.78. The number of hydrogen-bond acceptors (Lipinski definition) is 4. The number of nitrogens with zero attached hydrogens (tertiary/aromatic N) is 2. The average Bonchev–Trinajstić information content (AvgIpc) is 2.40. The number of nitrogens with one attached hydrogen (secondary N) is 1. The van der Waals surface area contributed by atoms with Crippen molar-refractivity contribution in [1.29, 1.82) is 0 Å². The number of anilines is 1. The van der Waals surface area contributed by atoms with Crippen LogP contribution in [0.25, 0.3) is 0 Å². The van der Waals surface area contributed by atoms with Crippen molar-refractivity contribution in [2.75, 3.05) is 32.4 Å². The third kappa shape index (κ3) is 3.67. The second kappa shape index (κ2) is 5.57. The molecule has 0 aromatic carbocycles. The molecule has 2 heterocycles. The maximum atomic E-state index is 12.0. The van der Waals surface area contributed by atoms with E-state index in [1.165, 1.54) is 0 Å². The van der Waals surface area contributed by atoms with Gasteiger partial charge in [0.05, 0.1) is 0 Å². The van der Waals surface area contributed by atoms with Gasteiger partial charge in [0.15, 0.2) is 0 Å². The van der Waals surface area contributed by atoms with Crippen LogP contribution in [0.5, 0.6) is 0 Å². The molecule has 0 unspecified atom stereocenters. The minimum atomic E-state index is -0.146. The van der Waals surface area contributed by atoms with Crippen molar-refractivity contribution in [3.8, 4) is 0 Å². The Morgan fingerprint density at radius 2 is 2.21 bits per heavy atom. The lowest BCUT2D eigenvalue weighted by Crippen LogP contribution is -2.43. The van der Waals surface area contributed by atoms with E-state index in [-0.39, 0.29) is 11.3 Å². The summed E-state index contributed by atoms with van der Waals surface area (Å²) in [4.78, 5) is 18.4. The highest BCUT2D eigenvalue weighted by Gasteiger charge is 2.29. The molecule has 1 aromatic heterocycles. The predicted molar refractivity (Wildman–Crippen MR) is 75.8 cm³/mol. The molecule has 19 heavy (non-hydrogen) atoms. The van der Waals surface area contributed by atoms with Crippen LogP contribution >= 0.6 is 0 Å². The summed E-state index contributed by atoms with van der Waals surface area (Å²) in [7, 11) is 2.13. The molecule has 1 amide bonds. The van der Waals surface area contributed by atoms with Crippen molar-refractivity contribution < 1.29 is 4.79 Å². The van der Waals surface area contributed by atoms with E-state index in [0.717, 1.165) is 25.9 Å². The zero-order valence-corrected chi connectivity index (χ0v) is 11.6. The summed E-state index contributed by atoms with van der Waals surface area (Å²) in [6.07, 6.45) is 3.77. The average molecular weight is 262 g/mol. The molecule has 1 fully saturated rings. The fourth-order valence-electron chi connectivity index (χ4n) is 2.29. The first kappa shape index (κ1) is 13.8. The van der Waals surface area contributed by atoms with Gasteiger partial charge < -0.3 is 16.0 Å². The van der Waals surface area contributed by atoms with Crippen LogP contribution in [0.4, 0.5) is 5.69 Å². The fourth-order valence-corrected chi connectivity index (χ4v) is 2.29. The van der Waals surface area contributed by atoms with Gasteiger partial charge in [0.25, 0.3) is 5.91 Å². The second-order valence-corrected chi connectivity index (χ2v) is 5.77. The number of nitrogen functional groups attached to an aromatic ring is 1. The smallest absolute Gasteiger partial charge is 0.269 e. The van der Waals surface area contributed by atoms with E-state index in [1.807, 2.05) is 0 Å². The fraction of sp³-hybridized carbons (Fsp3) is 0.571. The number of pyridine rings is 1. The summed E-state index contributed by atoms with van der Waals surface area (Å²) in [5, 5.41) is 2.98. The van der Waals surface area contributed by atoms with E-state index in [1.54, 1.807) is 18.3 Å². The maximum absolute atomic E-state index is 12.0. The first-order valence-corrected chi connectivity index (χ1v) is 6.67. The van der Waals surface area contributed by atoms with Gasteiger partial charge in [0.1, 0.15) is 5.69 Å². The molecular weight excluding hydrogens is 240 g/mol. The minimum absolute atomic E-state index is 0.146. The molecule has 1 saturated heterocycles. The van der Waals surface area contributed by atoms with Gasteiger partial charge in [-0.25, -0.2) is 0 Å². The van der Waals surface area contributed by atoms with E-state index in [2.05, 4.69) is 29.2 Å². The molecular formula is C14H22N4O. The van der Waals surface area contributed by atoms with Crippen LogP contribution in [0.15, 0.2) is 18.3 Å². The number of aromatic nitrogens is 1. The first-order chi connectivity index (χ1) is 8.98. The molecule has 1 aromatic rings. The molecule has 0 saturated carbocycles. The highest BCUT2D eigenvalue weighted by atomic mass is 16.1. The normalized spacial score (nSPS) is 19.1. The lowest BCUT2D eigenvalue weighted by Gasteiger charge is -2.37. The quantitative estimate of drug-likeness (QED) is 0.856. The molecule has 3 N–H and O–H groups in total. The lowest BCUT2D eigenvalue weighted by atomic mass is 9.80. The lowest BCUT2D eigenvalue weighted by molar-refractivity contribution is 0.0887. The SMILES string of the molecule is CN1CCC(C)(CNC(=O)c2cc(N)ccn2)CC1.